The van der Waals surface area contributed by atoms with Crippen LogP contribution < -0.4 is 15.1 Å². The maximum atomic E-state index is 14.0. The number of anilines is 2. The minimum Gasteiger partial charge on any atom is -0.446 e. The van der Waals surface area contributed by atoms with Gasteiger partial charge in [-0.1, -0.05) is 5.10 Å². The summed E-state index contributed by atoms with van der Waals surface area (Å²) in [5, 5.41) is 15.6. The van der Waals surface area contributed by atoms with Gasteiger partial charge in [-0.3, -0.25) is 4.90 Å². The topological polar surface area (TPSA) is 88.4 Å². The molecule has 3 atom stereocenters. The van der Waals surface area contributed by atoms with E-state index in [0.717, 1.165) is 18.2 Å². The van der Waals surface area contributed by atoms with Crippen molar-refractivity contribution in [2.45, 2.75) is 82.9 Å². The molecule has 3 aromatic rings. The highest BCUT2D eigenvalue weighted by Crippen LogP contribution is 2.45. The summed E-state index contributed by atoms with van der Waals surface area (Å²) in [4.78, 5) is 16.8. The summed E-state index contributed by atoms with van der Waals surface area (Å²) in [7, 11) is 0. The second-order valence-electron chi connectivity index (χ2n) is 11.8. The summed E-state index contributed by atoms with van der Waals surface area (Å²) in [5.41, 5.74) is -4.72. The molecule has 47 heavy (non-hydrogen) atoms. The van der Waals surface area contributed by atoms with Crippen molar-refractivity contribution in [2.75, 3.05) is 22.9 Å². The number of hydrogen-bond acceptors (Lipinski definition) is 7. The number of carbonyl (C=O) groups excluding carboxylic acids is 1. The van der Waals surface area contributed by atoms with E-state index < -0.39 is 71.6 Å². The van der Waals surface area contributed by atoms with Crippen LogP contribution in [0.2, 0.25) is 0 Å². The molecule has 256 valence electrons. The molecule has 2 aliphatic heterocycles. The number of rotatable bonds is 6. The Kier molecular flexibility index (Phi) is 9.11. The number of halogens is 9. The number of alkyl halides is 9. The number of benzene rings is 2. The minimum atomic E-state index is -5.14. The fraction of sp³-hybridized carbons (Fsp3) is 0.517. The van der Waals surface area contributed by atoms with E-state index in [1.54, 1.807) is 20.8 Å². The average Bonchev–Trinajstić information content (AvgIpc) is 3.66. The summed E-state index contributed by atoms with van der Waals surface area (Å²) in [6.45, 7) is 5.18. The smallest absolute Gasteiger partial charge is 0.416 e. The third-order valence-corrected chi connectivity index (χ3v) is 7.92. The molecule has 1 aromatic heterocycles. The van der Waals surface area contributed by atoms with Gasteiger partial charge in [0.1, 0.15) is 0 Å². The summed E-state index contributed by atoms with van der Waals surface area (Å²) < 4.78 is 130. The number of aromatic nitrogens is 4. The van der Waals surface area contributed by atoms with Crippen LogP contribution >= 0.6 is 0 Å². The van der Waals surface area contributed by atoms with E-state index in [-0.39, 0.29) is 35.7 Å². The lowest BCUT2D eigenvalue weighted by Crippen LogP contribution is -2.47. The lowest BCUT2D eigenvalue weighted by atomic mass is 9.89. The Bertz CT molecular complexity index is 1570. The molecule has 2 aliphatic rings. The molecule has 0 saturated carbocycles. The standard InChI is InChI=1S/C29H30F9N7O2/c1-15(2)47-26(46)44-16(3)8-24(22-12-18(27(30,31)32)4-5-23(22)44)43(25-40-42-45(41-25)21-6-7-39-13-21)14-17-9-19(28(33,34)35)11-20(10-17)29(36,37)38/h4-5,9-12,15-16,21,24,39H,6-8,13-14H2,1-3H3/t16?,21-,24?/m1/s1. The number of ether oxygens (including phenoxy) is 1. The minimum absolute atomic E-state index is 0.0126. The number of carbonyl (C=O) groups is 1. The number of fused-ring (bicyclic) bond motifs is 1. The average molecular weight is 680 g/mol. The van der Waals surface area contributed by atoms with Crippen LogP contribution in [-0.2, 0) is 29.8 Å². The molecule has 1 amide bonds. The molecule has 18 heteroatoms. The molecule has 0 spiro atoms. The fourth-order valence-electron chi connectivity index (χ4n) is 5.79. The van der Waals surface area contributed by atoms with E-state index >= 15 is 0 Å². The van der Waals surface area contributed by atoms with Crippen molar-refractivity contribution >= 4 is 17.7 Å². The zero-order valence-electron chi connectivity index (χ0n) is 25.2. The first-order valence-electron chi connectivity index (χ1n) is 14.6. The highest BCUT2D eigenvalue weighted by atomic mass is 19.4. The first-order valence-corrected chi connectivity index (χ1v) is 14.6. The first kappa shape index (κ1) is 34.3. The van der Waals surface area contributed by atoms with Crippen LogP contribution in [0.4, 0.5) is 55.9 Å². The van der Waals surface area contributed by atoms with Gasteiger partial charge in [0.2, 0.25) is 0 Å². The molecule has 0 radical (unpaired) electrons. The van der Waals surface area contributed by atoms with E-state index in [1.807, 2.05) is 0 Å². The molecule has 1 saturated heterocycles. The second-order valence-corrected chi connectivity index (χ2v) is 11.8. The van der Waals surface area contributed by atoms with Gasteiger partial charge in [-0.2, -0.15) is 44.3 Å². The Morgan fingerprint density at radius 3 is 2.17 bits per heavy atom. The predicted molar refractivity (Wildman–Crippen MR) is 149 cm³/mol. The monoisotopic (exact) mass is 679 g/mol. The summed E-state index contributed by atoms with van der Waals surface area (Å²) in [6, 6.07) is 1.55. The molecular weight excluding hydrogens is 649 g/mol. The Morgan fingerprint density at radius 1 is 0.979 bits per heavy atom. The highest BCUT2D eigenvalue weighted by molar-refractivity contribution is 5.90. The van der Waals surface area contributed by atoms with Crippen molar-refractivity contribution in [1.29, 1.82) is 0 Å². The quantitative estimate of drug-likeness (QED) is 0.277. The number of hydrogen-bond donors (Lipinski definition) is 1. The zero-order valence-corrected chi connectivity index (χ0v) is 25.2. The molecule has 0 aliphatic carbocycles. The molecule has 9 nitrogen and oxygen atoms in total. The van der Waals surface area contributed by atoms with E-state index in [4.69, 9.17) is 4.74 Å². The van der Waals surface area contributed by atoms with Gasteiger partial charge in [-0.05, 0) is 92.9 Å². The Balaban J connectivity index is 1.68. The third kappa shape index (κ3) is 7.41. The predicted octanol–water partition coefficient (Wildman–Crippen LogP) is 7.16. The van der Waals surface area contributed by atoms with Crippen LogP contribution in [0.1, 0.15) is 73.5 Å². The van der Waals surface area contributed by atoms with Gasteiger partial charge in [-0.15, -0.1) is 5.10 Å². The van der Waals surface area contributed by atoms with Crippen molar-refractivity contribution in [2.24, 2.45) is 0 Å². The van der Waals surface area contributed by atoms with Gasteiger partial charge < -0.3 is 15.0 Å². The number of tetrazole rings is 1. The summed E-state index contributed by atoms with van der Waals surface area (Å²) in [6.07, 6.45) is -16.0. The van der Waals surface area contributed by atoms with Crippen LogP contribution in [0.3, 0.4) is 0 Å². The largest absolute Gasteiger partial charge is 0.446 e. The van der Waals surface area contributed by atoms with Crippen LogP contribution in [0.5, 0.6) is 0 Å². The van der Waals surface area contributed by atoms with E-state index in [9.17, 15) is 44.3 Å². The molecular formula is C29H30F9N7O2. The van der Waals surface area contributed by atoms with Gasteiger partial charge in [0, 0.05) is 19.1 Å². The van der Waals surface area contributed by atoms with Gasteiger partial charge in [0.15, 0.2) is 0 Å². The highest BCUT2D eigenvalue weighted by Gasteiger charge is 2.42. The first-order chi connectivity index (χ1) is 21.8. The van der Waals surface area contributed by atoms with E-state index in [1.165, 1.54) is 14.6 Å². The van der Waals surface area contributed by atoms with Crippen molar-refractivity contribution < 1.29 is 49.0 Å². The number of nitrogens with zero attached hydrogens (tertiary/aromatic N) is 6. The van der Waals surface area contributed by atoms with E-state index in [2.05, 4.69) is 20.7 Å². The van der Waals surface area contributed by atoms with Gasteiger partial charge in [0.05, 0.1) is 40.6 Å². The normalized spacial score (nSPS) is 20.4. The second kappa shape index (κ2) is 12.5. The van der Waals surface area contributed by atoms with Crippen molar-refractivity contribution in [3.05, 3.63) is 64.2 Å². The Labute approximate surface area is 262 Å². The molecule has 1 N–H and O–H groups in total. The maximum Gasteiger partial charge on any atom is 0.416 e. The van der Waals surface area contributed by atoms with Crippen LogP contribution in [0, 0.1) is 0 Å². The van der Waals surface area contributed by atoms with Crippen LogP contribution in [-0.4, -0.2) is 51.5 Å². The van der Waals surface area contributed by atoms with Gasteiger partial charge in [0.25, 0.3) is 5.95 Å². The van der Waals surface area contributed by atoms with Crippen LogP contribution in [0.25, 0.3) is 0 Å². The molecule has 1 fully saturated rings. The maximum absolute atomic E-state index is 14.0. The van der Waals surface area contributed by atoms with Crippen molar-refractivity contribution in [3.8, 4) is 0 Å². The Morgan fingerprint density at radius 2 is 1.62 bits per heavy atom. The number of nitrogens with one attached hydrogen (secondary N) is 1. The Hall–Kier alpha value is -4.09. The summed E-state index contributed by atoms with van der Waals surface area (Å²) in [5.74, 6) is -0.235. The van der Waals surface area contributed by atoms with Crippen molar-refractivity contribution in [1.82, 2.24) is 25.5 Å². The molecule has 2 unspecified atom stereocenters. The van der Waals surface area contributed by atoms with E-state index in [0.29, 0.717) is 31.6 Å². The molecule has 2 aromatic carbocycles. The van der Waals surface area contributed by atoms with Crippen molar-refractivity contribution in [3.63, 3.8) is 0 Å². The lowest BCUT2D eigenvalue weighted by Gasteiger charge is -2.43. The zero-order chi connectivity index (χ0) is 34.5. The SMILES string of the molecule is CC(C)OC(=O)N1c2ccc(C(F)(F)F)cc2C(N(Cc2cc(C(F)(F)F)cc(C(F)(F)F)c2)c2nnn([C@@H]3CCNC3)n2)CC1C. The lowest BCUT2D eigenvalue weighted by molar-refractivity contribution is -0.143. The molecule has 3 heterocycles. The van der Waals surface area contributed by atoms with Gasteiger partial charge in [-0.25, -0.2) is 4.79 Å². The van der Waals surface area contributed by atoms with Gasteiger partial charge >= 0.3 is 24.6 Å². The third-order valence-electron chi connectivity index (χ3n) is 7.92. The molecule has 0 bridgehead atoms. The number of amides is 1. The summed E-state index contributed by atoms with van der Waals surface area (Å²) >= 11 is 0. The fourth-order valence-corrected chi connectivity index (χ4v) is 5.79. The molecule has 5 rings (SSSR count). The van der Waals surface area contributed by atoms with Crippen LogP contribution in [0.15, 0.2) is 36.4 Å².